The number of nitrogens with zero attached hydrogens (tertiary/aromatic N) is 3. The van der Waals surface area contributed by atoms with Crippen molar-refractivity contribution >= 4 is 35.1 Å². The van der Waals surface area contributed by atoms with Crippen LogP contribution in [-0.4, -0.2) is 84.4 Å². The van der Waals surface area contributed by atoms with Crippen LogP contribution in [0.15, 0.2) is 48.7 Å². The lowest BCUT2D eigenvalue weighted by molar-refractivity contribution is -0.144. The Bertz CT molecular complexity index is 1210. The van der Waals surface area contributed by atoms with Gasteiger partial charge in [-0.2, -0.15) is 0 Å². The average Bonchev–Trinajstić information content (AvgIpc) is 3.02. The zero-order valence-corrected chi connectivity index (χ0v) is 25.2. The van der Waals surface area contributed by atoms with E-state index in [9.17, 15) is 14.4 Å². The molecule has 1 aliphatic carbocycles. The molecule has 2 atom stereocenters. The summed E-state index contributed by atoms with van der Waals surface area (Å²) in [4.78, 5) is 49.5. The highest BCUT2D eigenvalue weighted by Gasteiger charge is 2.48. The fourth-order valence-electron chi connectivity index (χ4n) is 6.90. The van der Waals surface area contributed by atoms with Crippen LogP contribution in [0.1, 0.15) is 50.5 Å². The fraction of sp³-hybridized carbons (Fsp3) is 0.562. The second kappa shape index (κ2) is 14.0. The molecule has 3 fully saturated rings. The molecule has 1 saturated carbocycles. The molecule has 0 bridgehead atoms. The molecule has 9 nitrogen and oxygen atoms in total. The van der Waals surface area contributed by atoms with Crippen molar-refractivity contribution in [2.45, 2.75) is 63.5 Å². The molecular weight excluding hydrogens is 552 g/mol. The second-order valence-corrected chi connectivity index (χ2v) is 12.6. The van der Waals surface area contributed by atoms with Gasteiger partial charge in [-0.15, -0.1) is 0 Å². The van der Waals surface area contributed by atoms with Crippen LogP contribution in [0.4, 0.5) is 5.82 Å². The van der Waals surface area contributed by atoms with Crippen LogP contribution in [0.3, 0.4) is 0 Å². The molecule has 3 N–H and O–H groups in total. The summed E-state index contributed by atoms with van der Waals surface area (Å²) in [6.07, 6.45) is 8.77. The molecule has 10 heteroatoms. The number of nitrogens with one attached hydrogen (secondary N) is 3. The monoisotopic (exact) mass is 594 g/mol. The van der Waals surface area contributed by atoms with Gasteiger partial charge in [0, 0.05) is 50.4 Å². The van der Waals surface area contributed by atoms with Gasteiger partial charge in [0.1, 0.15) is 11.9 Å². The van der Waals surface area contributed by atoms with Crippen molar-refractivity contribution < 1.29 is 14.4 Å². The zero-order chi connectivity index (χ0) is 29.5. The Balaban J connectivity index is 1.31. The van der Waals surface area contributed by atoms with E-state index < -0.39 is 11.5 Å². The summed E-state index contributed by atoms with van der Waals surface area (Å²) in [5.41, 5.74) is 0.385. The first kappa shape index (κ1) is 30.4. The molecule has 226 valence electrons. The summed E-state index contributed by atoms with van der Waals surface area (Å²) in [6, 6.07) is 11.8. The number of benzene rings is 1. The van der Waals surface area contributed by atoms with E-state index >= 15 is 0 Å². The normalized spacial score (nSPS) is 22.2. The predicted octanol–water partition coefficient (Wildman–Crippen LogP) is 3.49. The summed E-state index contributed by atoms with van der Waals surface area (Å²) in [6.45, 7) is 3.14. The highest BCUT2D eigenvalue weighted by Crippen LogP contribution is 2.46. The van der Waals surface area contributed by atoms with Crippen molar-refractivity contribution in [2.75, 3.05) is 45.1 Å². The minimum absolute atomic E-state index is 0.0127. The lowest BCUT2D eigenvalue weighted by atomic mass is 9.63. The number of likely N-dealkylation sites (tertiary alicyclic amines) is 1. The smallest absolute Gasteiger partial charge is 0.245 e. The van der Waals surface area contributed by atoms with Gasteiger partial charge in [-0.3, -0.25) is 14.4 Å². The van der Waals surface area contributed by atoms with Crippen LogP contribution in [0.2, 0.25) is 5.02 Å². The quantitative estimate of drug-likeness (QED) is 0.432. The van der Waals surface area contributed by atoms with Crippen LogP contribution in [0, 0.1) is 11.3 Å². The van der Waals surface area contributed by atoms with E-state index in [1.54, 1.807) is 18.3 Å². The van der Waals surface area contributed by atoms with Crippen LogP contribution in [-0.2, 0) is 20.8 Å². The summed E-state index contributed by atoms with van der Waals surface area (Å²) < 4.78 is 0. The van der Waals surface area contributed by atoms with Crippen LogP contribution < -0.4 is 16.0 Å². The Morgan fingerprint density at radius 1 is 1.05 bits per heavy atom. The molecule has 2 aliphatic heterocycles. The van der Waals surface area contributed by atoms with E-state index in [4.69, 9.17) is 11.6 Å². The summed E-state index contributed by atoms with van der Waals surface area (Å²) >= 11 is 6.10. The average molecular weight is 595 g/mol. The van der Waals surface area contributed by atoms with Gasteiger partial charge in [0.15, 0.2) is 0 Å². The lowest BCUT2D eigenvalue weighted by Crippen LogP contribution is -2.60. The molecule has 3 amide bonds. The number of carbonyl (C=O) groups is 3. The Hall–Kier alpha value is -3.01. The van der Waals surface area contributed by atoms with Crippen molar-refractivity contribution in [3.8, 4) is 0 Å². The van der Waals surface area contributed by atoms with Crippen molar-refractivity contribution in [2.24, 2.45) is 11.3 Å². The first-order valence-corrected chi connectivity index (χ1v) is 15.7. The van der Waals surface area contributed by atoms with Crippen molar-refractivity contribution in [3.63, 3.8) is 0 Å². The molecular formula is C32H43ClN6O3. The number of amides is 3. The van der Waals surface area contributed by atoms with E-state index in [0.717, 1.165) is 44.3 Å². The molecule has 2 saturated heterocycles. The minimum atomic E-state index is -0.711. The van der Waals surface area contributed by atoms with Gasteiger partial charge < -0.3 is 25.8 Å². The number of halogens is 1. The number of piperazine rings is 1. The van der Waals surface area contributed by atoms with Crippen molar-refractivity contribution in [1.29, 1.82) is 0 Å². The van der Waals surface area contributed by atoms with Crippen LogP contribution in [0.5, 0.6) is 0 Å². The van der Waals surface area contributed by atoms with Gasteiger partial charge in [-0.25, -0.2) is 4.98 Å². The largest absolute Gasteiger partial charge is 0.343 e. The van der Waals surface area contributed by atoms with Gasteiger partial charge in [-0.1, -0.05) is 49.1 Å². The first-order chi connectivity index (χ1) is 20.3. The molecule has 2 aromatic rings. The third-order valence-electron chi connectivity index (χ3n) is 9.38. The standard InChI is InChI=1S/C32H43ClN6O3/c1-38-20-17-34-27(22-38)29(40)36-26(21-23-10-12-25(33)13-11-23)30(41)39-18-14-32(15-19-39,24-7-3-2-4-8-24)31(42)37-28-9-5-6-16-35-28/h5-6,9-13,16,24,26-27,34H,2-4,7-8,14-15,17-22H2,1H3,(H,36,40)(H,35,37,42)/t26-,27+/m1/s1. The third kappa shape index (κ3) is 7.30. The fourth-order valence-corrected chi connectivity index (χ4v) is 7.03. The predicted molar refractivity (Wildman–Crippen MR) is 164 cm³/mol. The molecule has 1 aromatic heterocycles. The Kier molecular flexibility index (Phi) is 10.1. The number of piperidine rings is 1. The Labute approximate surface area is 253 Å². The van der Waals surface area contributed by atoms with E-state index in [0.29, 0.717) is 49.7 Å². The summed E-state index contributed by atoms with van der Waals surface area (Å²) in [5, 5.41) is 10.1. The van der Waals surface area contributed by atoms with Gasteiger partial charge in [-0.05, 0) is 68.5 Å². The molecule has 0 radical (unpaired) electrons. The number of anilines is 1. The Morgan fingerprint density at radius 2 is 1.79 bits per heavy atom. The lowest BCUT2D eigenvalue weighted by Gasteiger charge is -2.47. The van der Waals surface area contributed by atoms with E-state index in [2.05, 4.69) is 25.8 Å². The number of rotatable bonds is 8. The number of hydrogen-bond donors (Lipinski definition) is 3. The maximum atomic E-state index is 14.0. The first-order valence-electron chi connectivity index (χ1n) is 15.3. The SMILES string of the molecule is CN1CCN[C@H](C(=O)N[C@H](Cc2ccc(Cl)cc2)C(=O)N2CCC(C(=O)Nc3ccccn3)(C3CCCCC3)CC2)C1. The molecule has 0 spiro atoms. The number of carbonyl (C=O) groups excluding carboxylic acids is 3. The van der Waals surface area contributed by atoms with Gasteiger partial charge in [0.25, 0.3) is 0 Å². The van der Waals surface area contributed by atoms with E-state index in [1.807, 2.05) is 42.3 Å². The summed E-state index contributed by atoms with van der Waals surface area (Å²) in [5.74, 6) is 0.579. The summed E-state index contributed by atoms with van der Waals surface area (Å²) in [7, 11) is 1.99. The van der Waals surface area contributed by atoms with Gasteiger partial charge in [0.05, 0.1) is 11.5 Å². The highest BCUT2D eigenvalue weighted by molar-refractivity contribution is 6.30. The van der Waals surface area contributed by atoms with Crippen molar-refractivity contribution in [1.82, 2.24) is 25.4 Å². The topological polar surface area (TPSA) is 107 Å². The van der Waals surface area contributed by atoms with Gasteiger partial charge in [0.2, 0.25) is 17.7 Å². The molecule has 3 aliphatic rings. The second-order valence-electron chi connectivity index (χ2n) is 12.1. The number of pyridine rings is 1. The number of aromatic nitrogens is 1. The minimum Gasteiger partial charge on any atom is -0.343 e. The van der Waals surface area contributed by atoms with E-state index in [-0.39, 0.29) is 29.7 Å². The number of likely N-dealkylation sites (N-methyl/N-ethyl adjacent to an activating group) is 1. The van der Waals surface area contributed by atoms with Crippen molar-refractivity contribution in [3.05, 3.63) is 59.2 Å². The molecule has 1 aromatic carbocycles. The third-order valence-corrected chi connectivity index (χ3v) is 9.63. The molecule has 42 heavy (non-hydrogen) atoms. The molecule has 5 rings (SSSR count). The van der Waals surface area contributed by atoms with Gasteiger partial charge >= 0.3 is 0 Å². The molecule has 3 heterocycles. The van der Waals surface area contributed by atoms with E-state index in [1.165, 1.54) is 6.42 Å². The number of hydrogen-bond acceptors (Lipinski definition) is 6. The maximum Gasteiger partial charge on any atom is 0.245 e. The molecule has 0 unspecified atom stereocenters. The van der Waals surface area contributed by atoms with Crippen LogP contribution >= 0.6 is 11.6 Å². The highest BCUT2D eigenvalue weighted by atomic mass is 35.5. The van der Waals surface area contributed by atoms with Crippen LogP contribution in [0.25, 0.3) is 0 Å². The maximum absolute atomic E-state index is 14.0. The Morgan fingerprint density at radius 3 is 2.45 bits per heavy atom. The zero-order valence-electron chi connectivity index (χ0n) is 24.5.